The van der Waals surface area contributed by atoms with Gasteiger partial charge in [0.05, 0.1) is 6.21 Å². The highest BCUT2D eigenvalue weighted by Crippen LogP contribution is 2.36. The van der Waals surface area contributed by atoms with Crippen LogP contribution in [0.1, 0.15) is 5.56 Å². The minimum atomic E-state index is -0.914. The van der Waals surface area contributed by atoms with E-state index in [9.17, 15) is 9.59 Å². The Labute approximate surface area is 167 Å². The predicted octanol–water partition coefficient (Wildman–Crippen LogP) is 2.04. The largest absolute Gasteiger partial charge is 0.486 e. The Morgan fingerprint density at radius 1 is 0.929 bits per heavy atom. The van der Waals surface area contributed by atoms with Gasteiger partial charge in [0.15, 0.2) is 23.0 Å². The van der Waals surface area contributed by atoms with Gasteiger partial charge in [0.25, 0.3) is 0 Å². The number of hydrogen-bond acceptors (Lipinski definition) is 7. The number of carbonyl (C=O) groups excluding carboxylic acids is 2. The summed E-state index contributed by atoms with van der Waals surface area (Å²) in [7, 11) is 0. The average molecular weight is 448 g/mol. The molecule has 0 unspecified atom stereocenters. The summed E-state index contributed by atoms with van der Waals surface area (Å²) in [6.07, 6.45) is 1.39. The van der Waals surface area contributed by atoms with Gasteiger partial charge in [-0.25, -0.2) is 5.43 Å². The Bertz CT molecular complexity index is 978. The fraction of sp³-hybridized carbons (Fsp3) is 0.167. The molecule has 0 atom stereocenters. The Morgan fingerprint density at radius 3 is 2.46 bits per heavy atom. The third-order valence-corrected chi connectivity index (χ3v) is 4.55. The van der Waals surface area contributed by atoms with Gasteiger partial charge in [0.2, 0.25) is 6.79 Å². The molecule has 0 radical (unpaired) electrons. The van der Waals surface area contributed by atoms with E-state index in [4.69, 9.17) is 18.9 Å². The van der Waals surface area contributed by atoms with E-state index in [1.165, 1.54) is 6.21 Å². The van der Waals surface area contributed by atoms with Gasteiger partial charge in [-0.1, -0.05) is 0 Å². The molecule has 144 valence electrons. The lowest BCUT2D eigenvalue weighted by atomic mass is 10.2. The molecule has 0 saturated heterocycles. The molecule has 2 aliphatic heterocycles. The van der Waals surface area contributed by atoms with E-state index in [-0.39, 0.29) is 6.79 Å². The number of benzene rings is 2. The molecule has 2 aromatic carbocycles. The van der Waals surface area contributed by atoms with Crippen LogP contribution in [0.4, 0.5) is 5.69 Å². The van der Waals surface area contributed by atoms with E-state index in [0.29, 0.717) is 51.9 Å². The molecule has 4 rings (SSSR count). The minimum Gasteiger partial charge on any atom is -0.486 e. The molecule has 2 aliphatic rings. The number of hydrazone groups is 1. The summed E-state index contributed by atoms with van der Waals surface area (Å²) in [4.78, 5) is 24.0. The number of ether oxygens (including phenoxy) is 4. The van der Waals surface area contributed by atoms with E-state index in [1.54, 1.807) is 30.3 Å². The van der Waals surface area contributed by atoms with Crippen molar-refractivity contribution in [3.63, 3.8) is 0 Å². The molecular formula is C18H14BrN3O6. The summed E-state index contributed by atoms with van der Waals surface area (Å²) in [6, 6.07) is 8.31. The fourth-order valence-corrected chi connectivity index (χ4v) is 2.98. The van der Waals surface area contributed by atoms with Crippen LogP contribution in [0.15, 0.2) is 39.9 Å². The topological polar surface area (TPSA) is 107 Å². The summed E-state index contributed by atoms with van der Waals surface area (Å²) in [5.41, 5.74) is 3.24. The lowest BCUT2D eigenvalue weighted by Crippen LogP contribution is -2.32. The molecule has 0 spiro atoms. The lowest BCUT2D eigenvalue weighted by Gasteiger charge is -2.18. The molecular weight excluding hydrogens is 434 g/mol. The Kier molecular flexibility index (Phi) is 5.02. The summed E-state index contributed by atoms with van der Waals surface area (Å²) >= 11 is 3.38. The van der Waals surface area contributed by atoms with Crippen molar-refractivity contribution in [3.8, 4) is 23.0 Å². The molecule has 9 nitrogen and oxygen atoms in total. The third kappa shape index (κ3) is 3.86. The molecule has 2 N–H and O–H groups in total. The van der Waals surface area contributed by atoms with Gasteiger partial charge in [0, 0.05) is 21.8 Å². The Morgan fingerprint density at radius 2 is 1.64 bits per heavy atom. The number of rotatable bonds is 3. The highest BCUT2D eigenvalue weighted by atomic mass is 79.9. The number of nitrogens with zero attached hydrogens (tertiary/aromatic N) is 1. The minimum absolute atomic E-state index is 0.152. The van der Waals surface area contributed by atoms with Crippen LogP contribution in [0, 0.1) is 0 Å². The molecule has 0 aliphatic carbocycles. The Balaban J connectivity index is 1.36. The van der Waals surface area contributed by atoms with Crippen LogP contribution in [0.3, 0.4) is 0 Å². The van der Waals surface area contributed by atoms with Crippen LogP contribution < -0.4 is 29.7 Å². The molecule has 2 aromatic rings. The standard InChI is InChI=1S/C18H14BrN3O6/c19-12-7-16-14(27-9-28-16)5-10(12)8-20-22-18(24)17(23)21-11-1-2-13-15(6-11)26-4-3-25-13/h1-2,5-8H,3-4,9H2,(H,21,23)(H,22,24)/b20-8-. The number of carbonyl (C=O) groups is 2. The first-order valence-corrected chi connectivity index (χ1v) is 9.02. The van der Waals surface area contributed by atoms with Crippen LogP contribution in [0.2, 0.25) is 0 Å². The number of halogens is 1. The van der Waals surface area contributed by atoms with Gasteiger partial charge in [0.1, 0.15) is 13.2 Å². The van der Waals surface area contributed by atoms with Gasteiger partial charge >= 0.3 is 11.8 Å². The van der Waals surface area contributed by atoms with Gasteiger partial charge in [-0.05, 0) is 40.2 Å². The second kappa shape index (κ2) is 7.77. The van der Waals surface area contributed by atoms with E-state index in [2.05, 4.69) is 31.8 Å². The molecule has 0 fully saturated rings. The highest BCUT2D eigenvalue weighted by Gasteiger charge is 2.17. The first kappa shape index (κ1) is 18.1. The quantitative estimate of drug-likeness (QED) is 0.423. The lowest BCUT2D eigenvalue weighted by molar-refractivity contribution is -0.136. The molecule has 0 bridgehead atoms. The van der Waals surface area contributed by atoms with Crippen molar-refractivity contribution in [2.24, 2.45) is 5.10 Å². The average Bonchev–Trinajstić information content (AvgIpc) is 3.15. The molecule has 0 saturated carbocycles. The summed E-state index contributed by atoms with van der Waals surface area (Å²) in [5.74, 6) is 0.517. The van der Waals surface area contributed by atoms with Crippen LogP contribution in [0.5, 0.6) is 23.0 Å². The second-order valence-electron chi connectivity index (χ2n) is 5.74. The highest BCUT2D eigenvalue weighted by molar-refractivity contribution is 9.10. The van der Waals surface area contributed by atoms with Crippen molar-refractivity contribution in [1.29, 1.82) is 0 Å². The second-order valence-corrected chi connectivity index (χ2v) is 6.59. The van der Waals surface area contributed by atoms with Crippen molar-refractivity contribution in [3.05, 3.63) is 40.4 Å². The predicted molar refractivity (Wildman–Crippen MR) is 102 cm³/mol. The zero-order valence-electron chi connectivity index (χ0n) is 14.4. The zero-order valence-corrected chi connectivity index (χ0v) is 15.9. The summed E-state index contributed by atoms with van der Waals surface area (Å²) < 4.78 is 22.1. The van der Waals surface area contributed by atoms with Gasteiger partial charge < -0.3 is 24.3 Å². The van der Waals surface area contributed by atoms with Gasteiger partial charge in [-0.2, -0.15) is 5.10 Å². The maximum absolute atomic E-state index is 12.0. The van der Waals surface area contributed by atoms with E-state index >= 15 is 0 Å². The normalized spacial score (nSPS) is 14.0. The molecule has 2 heterocycles. The molecule has 0 aromatic heterocycles. The van der Waals surface area contributed by atoms with Crippen LogP contribution >= 0.6 is 15.9 Å². The number of amides is 2. The number of nitrogens with one attached hydrogen (secondary N) is 2. The first-order chi connectivity index (χ1) is 13.6. The Hall–Kier alpha value is -3.27. The zero-order chi connectivity index (χ0) is 19.5. The fourth-order valence-electron chi connectivity index (χ4n) is 2.55. The van der Waals surface area contributed by atoms with Crippen molar-refractivity contribution in [2.75, 3.05) is 25.3 Å². The van der Waals surface area contributed by atoms with Crippen LogP contribution in [-0.4, -0.2) is 38.0 Å². The van der Waals surface area contributed by atoms with Gasteiger partial charge in [-0.3, -0.25) is 9.59 Å². The van der Waals surface area contributed by atoms with E-state index in [1.807, 2.05) is 0 Å². The number of fused-ring (bicyclic) bond motifs is 2. The van der Waals surface area contributed by atoms with E-state index in [0.717, 1.165) is 0 Å². The van der Waals surface area contributed by atoms with Crippen molar-refractivity contribution in [1.82, 2.24) is 5.43 Å². The molecule has 2 amide bonds. The summed E-state index contributed by atoms with van der Waals surface area (Å²) in [5, 5.41) is 6.28. The maximum atomic E-state index is 12.0. The van der Waals surface area contributed by atoms with Crippen molar-refractivity contribution in [2.45, 2.75) is 0 Å². The number of anilines is 1. The monoisotopic (exact) mass is 447 g/mol. The molecule has 28 heavy (non-hydrogen) atoms. The smallest absolute Gasteiger partial charge is 0.329 e. The van der Waals surface area contributed by atoms with Gasteiger partial charge in [-0.15, -0.1) is 0 Å². The molecule has 10 heteroatoms. The SMILES string of the molecule is O=C(N/N=C\c1cc2c(cc1Br)OCO2)C(=O)Nc1ccc2c(c1)OCCO2. The first-order valence-electron chi connectivity index (χ1n) is 8.23. The van der Waals surface area contributed by atoms with Crippen molar-refractivity contribution >= 4 is 39.6 Å². The maximum Gasteiger partial charge on any atom is 0.329 e. The third-order valence-electron chi connectivity index (χ3n) is 3.87. The number of hydrogen-bond donors (Lipinski definition) is 2. The van der Waals surface area contributed by atoms with E-state index < -0.39 is 11.8 Å². The van der Waals surface area contributed by atoms with Crippen molar-refractivity contribution < 1.29 is 28.5 Å². The van der Waals surface area contributed by atoms with Crippen LogP contribution in [0.25, 0.3) is 0 Å². The summed E-state index contributed by atoms with van der Waals surface area (Å²) in [6.45, 7) is 1.05. The van der Waals surface area contributed by atoms with Crippen LogP contribution in [-0.2, 0) is 9.59 Å².